The molecule has 0 aliphatic carbocycles. The quantitative estimate of drug-likeness (QED) is 0.340. The van der Waals surface area contributed by atoms with Crippen molar-refractivity contribution in [2.24, 2.45) is 0 Å². The van der Waals surface area contributed by atoms with E-state index in [1.54, 1.807) is 6.92 Å². The second-order valence-electron chi connectivity index (χ2n) is 4.54. The molecule has 0 saturated heterocycles. The molecule has 0 aromatic carbocycles. The molecule has 3 nitrogen and oxygen atoms in total. The molecular formula is C14H27NO2. The van der Waals surface area contributed by atoms with E-state index in [4.69, 9.17) is 4.84 Å². The molecule has 0 aromatic rings. The first kappa shape index (κ1) is 16.2. The molecule has 0 atom stereocenters. The van der Waals surface area contributed by atoms with Gasteiger partial charge in [-0.3, -0.25) is 0 Å². The van der Waals surface area contributed by atoms with Crippen molar-refractivity contribution >= 4 is 5.97 Å². The maximum atomic E-state index is 11.0. The predicted molar refractivity (Wildman–Crippen MR) is 71.5 cm³/mol. The van der Waals surface area contributed by atoms with E-state index < -0.39 is 0 Å². The Bertz CT molecular complexity index is 214. The number of hydrogen-bond donors (Lipinski definition) is 1. The third-order valence-electron chi connectivity index (χ3n) is 2.65. The van der Waals surface area contributed by atoms with Gasteiger partial charge >= 0.3 is 5.97 Å². The molecule has 0 fully saturated rings. The highest BCUT2D eigenvalue weighted by Gasteiger charge is 2.01. The second-order valence-corrected chi connectivity index (χ2v) is 4.54. The summed E-state index contributed by atoms with van der Waals surface area (Å²) in [6.07, 6.45) is 10.2. The number of nitrogens with one attached hydrogen (secondary N) is 1. The van der Waals surface area contributed by atoms with Gasteiger partial charge < -0.3 is 4.84 Å². The van der Waals surface area contributed by atoms with Gasteiger partial charge in [0.1, 0.15) is 0 Å². The van der Waals surface area contributed by atoms with Gasteiger partial charge in [0.2, 0.25) is 0 Å². The molecule has 0 bridgehead atoms. The van der Waals surface area contributed by atoms with Crippen molar-refractivity contribution in [3.63, 3.8) is 0 Å². The maximum Gasteiger partial charge on any atom is 0.351 e. The number of hydroxylamine groups is 1. The third-order valence-corrected chi connectivity index (χ3v) is 2.65. The SMILES string of the molecule is C=C(C)C(=O)ONCCCCCCCCCC. The van der Waals surface area contributed by atoms with Gasteiger partial charge in [0, 0.05) is 12.1 Å². The van der Waals surface area contributed by atoms with E-state index in [-0.39, 0.29) is 5.97 Å². The molecule has 0 aromatic heterocycles. The average molecular weight is 241 g/mol. The Morgan fingerprint density at radius 2 is 1.59 bits per heavy atom. The smallest absolute Gasteiger partial charge is 0.351 e. The van der Waals surface area contributed by atoms with Crippen LogP contribution in [0.2, 0.25) is 0 Å². The van der Waals surface area contributed by atoms with Crippen LogP contribution in [0.15, 0.2) is 12.2 Å². The molecule has 0 rings (SSSR count). The Labute approximate surface area is 106 Å². The number of rotatable bonds is 11. The molecule has 0 saturated carbocycles. The summed E-state index contributed by atoms with van der Waals surface area (Å²) in [5.41, 5.74) is 3.09. The van der Waals surface area contributed by atoms with E-state index in [1.807, 2.05) is 0 Å². The van der Waals surface area contributed by atoms with E-state index in [9.17, 15) is 4.79 Å². The third kappa shape index (κ3) is 11.4. The lowest BCUT2D eigenvalue weighted by atomic mass is 10.1. The van der Waals surface area contributed by atoms with Crippen LogP contribution < -0.4 is 5.48 Å². The van der Waals surface area contributed by atoms with Crippen LogP contribution in [0.25, 0.3) is 0 Å². The van der Waals surface area contributed by atoms with Crippen LogP contribution in [0, 0.1) is 0 Å². The van der Waals surface area contributed by atoms with Crippen LogP contribution in [0.1, 0.15) is 65.2 Å². The van der Waals surface area contributed by atoms with Crippen LogP contribution in [-0.4, -0.2) is 12.5 Å². The van der Waals surface area contributed by atoms with E-state index in [0.717, 1.165) is 13.0 Å². The molecule has 3 heteroatoms. The summed E-state index contributed by atoms with van der Waals surface area (Å²) >= 11 is 0. The predicted octanol–water partition coefficient (Wildman–Crippen LogP) is 3.75. The summed E-state index contributed by atoms with van der Waals surface area (Å²) in [5, 5.41) is 0. The van der Waals surface area contributed by atoms with E-state index in [1.165, 1.54) is 44.9 Å². The summed E-state index contributed by atoms with van der Waals surface area (Å²) in [4.78, 5) is 15.8. The number of carbonyl (C=O) groups is 1. The lowest BCUT2D eigenvalue weighted by Crippen LogP contribution is -2.21. The highest BCUT2D eigenvalue weighted by atomic mass is 16.7. The molecule has 1 N–H and O–H groups in total. The standard InChI is InChI=1S/C14H27NO2/c1-4-5-6-7-8-9-10-11-12-15-17-14(16)13(2)3/h15H,2,4-12H2,1,3H3. The molecule has 100 valence electrons. The van der Waals surface area contributed by atoms with E-state index in [2.05, 4.69) is 19.0 Å². The highest BCUT2D eigenvalue weighted by Crippen LogP contribution is 2.07. The number of unbranched alkanes of at least 4 members (excludes halogenated alkanes) is 7. The molecule has 0 spiro atoms. The van der Waals surface area contributed by atoms with Gasteiger partial charge in [-0.1, -0.05) is 58.4 Å². The summed E-state index contributed by atoms with van der Waals surface area (Å²) in [6.45, 7) is 8.11. The van der Waals surface area contributed by atoms with Gasteiger partial charge in [0.05, 0.1) is 0 Å². The van der Waals surface area contributed by atoms with Crippen molar-refractivity contribution in [1.82, 2.24) is 5.48 Å². The fourth-order valence-electron chi connectivity index (χ4n) is 1.53. The zero-order valence-electron chi connectivity index (χ0n) is 11.4. The Morgan fingerprint density at radius 3 is 2.12 bits per heavy atom. The van der Waals surface area contributed by atoms with Crippen molar-refractivity contribution in [2.45, 2.75) is 65.2 Å². The fourth-order valence-corrected chi connectivity index (χ4v) is 1.53. The molecule has 0 heterocycles. The monoisotopic (exact) mass is 241 g/mol. The van der Waals surface area contributed by atoms with Crippen LogP contribution in [0.4, 0.5) is 0 Å². The summed E-state index contributed by atoms with van der Waals surface area (Å²) < 4.78 is 0. The van der Waals surface area contributed by atoms with Crippen molar-refractivity contribution in [3.8, 4) is 0 Å². The first-order valence-electron chi connectivity index (χ1n) is 6.78. The van der Waals surface area contributed by atoms with Gasteiger partial charge in [-0.2, -0.15) is 5.48 Å². The van der Waals surface area contributed by atoms with Crippen molar-refractivity contribution in [3.05, 3.63) is 12.2 Å². The molecule has 17 heavy (non-hydrogen) atoms. The second kappa shape index (κ2) is 11.6. The van der Waals surface area contributed by atoms with Crippen LogP contribution in [0.3, 0.4) is 0 Å². The lowest BCUT2D eigenvalue weighted by molar-refractivity contribution is -0.146. The van der Waals surface area contributed by atoms with Crippen LogP contribution >= 0.6 is 0 Å². The highest BCUT2D eigenvalue weighted by molar-refractivity contribution is 5.86. The molecule has 0 aliphatic heterocycles. The van der Waals surface area contributed by atoms with Crippen molar-refractivity contribution in [2.75, 3.05) is 6.54 Å². The molecule has 0 aliphatic rings. The fraction of sp³-hybridized carbons (Fsp3) is 0.786. The summed E-state index contributed by atoms with van der Waals surface area (Å²) in [5.74, 6) is -0.371. The van der Waals surface area contributed by atoms with Crippen LogP contribution in [0.5, 0.6) is 0 Å². The van der Waals surface area contributed by atoms with E-state index in [0.29, 0.717) is 5.57 Å². The van der Waals surface area contributed by atoms with Gasteiger partial charge in [-0.15, -0.1) is 0 Å². The Hall–Kier alpha value is -0.830. The zero-order valence-corrected chi connectivity index (χ0v) is 11.4. The summed E-state index contributed by atoms with van der Waals surface area (Å²) in [7, 11) is 0. The Morgan fingerprint density at radius 1 is 1.06 bits per heavy atom. The molecular weight excluding hydrogens is 214 g/mol. The minimum absolute atomic E-state index is 0.371. The molecule has 0 radical (unpaired) electrons. The van der Waals surface area contributed by atoms with Crippen molar-refractivity contribution in [1.29, 1.82) is 0 Å². The zero-order chi connectivity index (χ0) is 12.9. The minimum atomic E-state index is -0.371. The van der Waals surface area contributed by atoms with Crippen LogP contribution in [-0.2, 0) is 9.63 Å². The first-order chi connectivity index (χ1) is 8.18. The van der Waals surface area contributed by atoms with Gasteiger partial charge in [0.25, 0.3) is 0 Å². The van der Waals surface area contributed by atoms with Crippen molar-refractivity contribution < 1.29 is 9.63 Å². The largest absolute Gasteiger partial charge is 0.367 e. The molecule has 0 unspecified atom stereocenters. The number of hydrogen-bond acceptors (Lipinski definition) is 3. The first-order valence-corrected chi connectivity index (χ1v) is 6.78. The lowest BCUT2D eigenvalue weighted by Gasteiger charge is -2.05. The average Bonchev–Trinajstić information content (AvgIpc) is 2.31. The maximum absolute atomic E-state index is 11.0. The minimum Gasteiger partial charge on any atom is -0.367 e. The van der Waals surface area contributed by atoms with E-state index >= 15 is 0 Å². The normalized spacial score (nSPS) is 10.2. The Balaban J connectivity index is 3.08. The summed E-state index contributed by atoms with van der Waals surface area (Å²) in [6, 6.07) is 0. The molecule has 0 amide bonds. The van der Waals surface area contributed by atoms with Gasteiger partial charge in [-0.25, -0.2) is 4.79 Å². The van der Waals surface area contributed by atoms with Gasteiger partial charge in [-0.05, 0) is 13.3 Å². The number of carbonyl (C=O) groups excluding carboxylic acids is 1. The topological polar surface area (TPSA) is 38.3 Å². The Kier molecular flexibility index (Phi) is 11.1. The van der Waals surface area contributed by atoms with Gasteiger partial charge in [0.15, 0.2) is 0 Å².